The number of halogens is 2. The van der Waals surface area contributed by atoms with Gasteiger partial charge in [0.2, 0.25) is 0 Å². The summed E-state index contributed by atoms with van der Waals surface area (Å²) >= 11 is 0. The number of benzene rings is 2. The molecule has 0 spiro atoms. The third kappa shape index (κ3) is 6.77. The van der Waals surface area contributed by atoms with E-state index in [0.717, 1.165) is 12.8 Å². The van der Waals surface area contributed by atoms with E-state index in [9.17, 15) is 0 Å². The largest absolute Gasteiger partial charge is 4.00 e. The van der Waals surface area contributed by atoms with Gasteiger partial charge in [-0.05, 0) is 43.1 Å². The molecule has 1 aromatic heterocycles. The van der Waals surface area contributed by atoms with Crippen molar-refractivity contribution in [1.82, 2.24) is 4.57 Å². The molecule has 4 heteroatoms. The van der Waals surface area contributed by atoms with Crippen molar-refractivity contribution in [3.63, 3.8) is 0 Å². The summed E-state index contributed by atoms with van der Waals surface area (Å²) < 4.78 is 2.25. The van der Waals surface area contributed by atoms with E-state index >= 15 is 0 Å². The summed E-state index contributed by atoms with van der Waals surface area (Å²) in [6.07, 6.45) is 11.8. The van der Waals surface area contributed by atoms with Crippen LogP contribution in [0.2, 0.25) is 0 Å². The van der Waals surface area contributed by atoms with Crippen LogP contribution >= 0.6 is 0 Å². The number of fused-ring (bicyclic) bond motifs is 1. The smallest absolute Gasteiger partial charge is 1.00 e. The Morgan fingerprint density at radius 1 is 0.935 bits per heavy atom. The molecule has 0 unspecified atom stereocenters. The second-order valence-corrected chi connectivity index (χ2v) is 7.34. The monoisotopic (exact) mass is 491 g/mol. The van der Waals surface area contributed by atoms with Crippen LogP contribution in [0.5, 0.6) is 0 Å². The van der Waals surface area contributed by atoms with Crippen molar-refractivity contribution in [3.05, 3.63) is 120 Å². The van der Waals surface area contributed by atoms with Crippen molar-refractivity contribution < 1.29 is 35.6 Å². The predicted molar refractivity (Wildman–Crippen MR) is 119 cm³/mol. The van der Waals surface area contributed by atoms with Crippen LogP contribution in [-0.2, 0) is 32.6 Å². The van der Waals surface area contributed by atoms with Crippen molar-refractivity contribution in [2.75, 3.05) is 0 Å². The second kappa shape index (κ2) is 12.4. The minimum atomic E-state index is 0. The fourth-order valence-electron chi connectivity index (χ4n) is 3.68. The third-order valence-corrected chi connectivity index (χ3v) is 5.03. The molecule has 1 aliphatic rings. The number of allylic oxidation sites excluding steroid dienone is 4. The molecular weight excluding hydrogens is 468 g/mol. The Hall–Kier alpha value is -2.45. The van der Waals surface area contributed by atoms with E-state index in [0.29, 0.717) is 0 Å². The summed E-state index contributed by atoms with van der Waals surface area (Å²) in [6, 6.07) is 25.7. The van der Waals surface area contributed by atoms with Crippen LogP contribution in [0.3, 0.4) is 0 Å². The SMILES string of the molecule is Cc1cc(C)n(-c2cc3ccccc3[cH-]2)c1.[C-]1=C(Cc2ccccc2)C=CC1.[F-].[F-].[Zr+4]. The average molecular weight is 493 g/mol. The molecule has 156 valence electrons. The quantitative estimate of drug-likeness (QED) is 0.375. The summed E-state index contributed by atoms with van der Waals surface area (Å²) in [5, 5.41) is 2.62. The fraction of sp³-hybridized carbons (Fsp3) is 0.148. The van der Waals surface area contributed by atoms with E-state index in [2.05, 4.69) is 110 Å². The van der Waals surface area contributed by atoms with E-state index in [-0.39, 0.29) is 35.6 Å². The molecule has 0 aliphatic heterocycles. The molecule has 0 atom stereocenters. The molecule has 3 aromatic carbocycles. The van der Waals surface area contributed by atoms with Crippen molar-refractivity contribution >= 4 is 10.8 Å². The van der Waals surface area contributed by atoms with E-state index < -0.39 is 0 Å². The topological polar surface area (TPSA) is 4.93 Å². The van der Waals surface area contributed by atoms with Gasteiger partial charge in [-0.15, -0.1) is 47.5 Å². The van der Waals surface area contributed by atoms with Crippen molar-refractivity contribution in [2.24, 2.45) is 0 Å². The molecule has 1 heterocycles. The van der Waals surface area contributed by atoms with Gasteiger partial charge < -0.3 is 14.0 Å². The maximum Gasteiger partial charge on any atom is 4.00 e. The zero-order chi connectivity index (χ0) is 19.3. The van der Waals surface area contributed by atoms with E-state index in [1.54, 1.807) is 0 Å². The number of nitrogens with zero attached hydrogens (tertiary/aromatic N) is 1. The van der Waals surface area contributed by atoms with Gasteiger partial charge in [-0.2, -0.15) is 6.08 Å². The van der Waals surface area contributed by atoms with Crippen LogP contribution in [0.4, 0.5) is 0 Å². The summed E-state index contributed by atoms with van der Waals surface area (Å²) in [5.41, 5.74) is 6.54. The minimum Gasteiger partial charge on any atom is -1.00 e. The zero-order valence-electron chi connectivity index (χ0n) is 17.8. The van der Waals surface area contributed by atoms with Crippen LogP contribution in [0.25, 0.3) is 16.5 Å². The van der Waals surface area contributed by atoms with Gasteiger partial charge in [-0.25, -0.2) is 11.6 Å². The Bertz CT molecular complexity index is 1100. The van der Waals surface area contributed by atoms with Crippen molar-refractivity contribution in [3.8, 4) is 5.69 Å². The summed E-state index contributed by atoms with van der Waals surface area (Å²) in [6.45, 7) is 4.27. The van der Waals surface area contributed by atoms with Gasteiger partial charge in [0.25, 0.3) is 0 Å². The van der Waals surface area contributed by atoms with Gasteiger partial charge in [0, 0.05) is 11.9 Å². The van der Waals surface area contributed by atoms with E-state index in [4.69, 9.17) is 0 Å². The van der Waals surface area contributed by atoms with Crippen LogP contribution in [0, 0.1) is 19.9 Å². The molecular formula is C27H25F2NZr. The Morgan fingerprint density at radius 2 is 1.65 bits per heavy atom. The summed E-state index contributed by atoms with van der Waals surface area (Å²) in [4.78, 5) is 0. The average Bonchev–Trinajstić information content (AvgIpc) is 3.43. The molecule has 1 nitrogen and oxygen atoms in total. The number of aromatic nitrogens is 1. The second-order valence-electron chi connectivity index (χ2n) is 7.34. The predicted octanol–water partition coefficient (Wildman–Crippen LogP) is 0.890. The Labute approximate surface area is 202 Å². The first-order valence-corrected chi connectivity index (χ1v) is 9.81. The van der Waals surface area contributed by atoms with E-state index in [1.807, 2.05) is 6.07 Å². The molecule has 0 radical (unpaired) electrons. The molecule has 0 bridgehead atoms. The first-order chi connectivity index (χ1) is 13.7. The first kappa shape index (κ1) is 26.6. The molecule has 5 rings (SSSR count). The first-order valence-electron chi connectivity index (χ1n) is 9.81. The van der Waals surface area contributed by atoms with Gasteiger partial charge in [0.05, 0.1) is 0 Å². The fourth-order valence-corrected chi connectivity index (χ4v) is 3.68. The van der Waals surface area contributed by atoms with Crippen molar-refractivity contribution in [2.45, 2.75) is 26.7 Å². The molecule has 0 saturated heterocycles. The number of rotatable bonds is 3. The maximum atomic E-state index is 3.31. The summed E-state index contributed by atoms with van der Waals surface area (Å²) in [7, 11) is 0. The molecule has 0 saturated carbocycles. The molecule has 4 aromatic rings. The van der Waals surface area contributed by atoms with E-state index in [1.165, 1.54) is 38.9 Å². The van der Waals surface area contributed by atoms with Gasteiger partial charge in [-0.3, -0.25) is 6.08 Å². The number of hydrogen-bond acceptors (Lipinski definition) is 0. The normalized spacial score (nSPS) is 11.5. The minimum absolute atomic E-state index is 0. The standard InChI is InChI=1S/C15H14N.C12H11.2FH.Zr/c1-11-7-12(2)16(10-11)15-8-13-5-3-4-6-14(13)9-15;1-2-6-11(7-3-1)10-12-8-4-5-9-12;;;/h3-10H,1-2H3;1-4,6-8H,5,10H2;2*1H;/q2*-1;;;+4/p-2. The number of aryl methyl sites for hydroxylation is 2. The van der Waals surface area contributed by atoms with Gasteiger partial charge >= 0.3 is 26.2 Å². The maximum absolute atomic E-state index is 3.31. The van der Waals surface area contributed by atoms with Crippen molar-refractivity contribution in [1.29, 1.82) is 0 Å². The number of hydrogen-bond donors (Lipinski definition) is 0. The van der Waals surface area contributed by atoms with Crippen LogP contribution in [0.15, 0.2) is 96.7 Å². The van der Waals surface area contributed by atoms with Gasteiger partial charge in [0.15, 0.2) is 0 Å². The third-order valence-electron chi connectivity index (χ3n) is 5.03. The Kier molecular flexibility index (Phi) is 10.7. The van der Waals surface area contributed by atoms with Crippen LogP contribution < -0.4 is 9.41 Å². The Morgan fingerprint density at radius 3 is 2.26 bits per heavy atom. The molecule has 0 fully saturated rings. The zero-order valence-corrected chi connectivity index (χ0v) is 20.2. The van der Waals surface area contributed by atoms with Crippen LogP contribution in [0.1, 0.15) is 23.2 Å². The van der Waals surface area contributed by atoms with Gasteiger partial charge in [-0.1, -0.05) is 36.4 Å². The molecule has 1 aliphatic carbocycles. The van der Waals surface area contributed by atoms with Crippen LogP contribution in [-0.4, -0.2) is 4.57 Å². The summed E-state index contributed by atoms with van der Waals surface area (Å²) in [5.74, 6) is 0. The Balaban J connectivity index is 0.000000292. The molecule has 0 amide bonds. The molecule has 0 N–H and O–H groups in total. The van der Waals surface area contributed by atoms with Gasteiger partial charge in [0.1, 0.15) is 0 Å². The molecule has 31 heavy (non-hydrogen) atoms.